The van der Waals surface area contributed by atoms with Crippen LogP contribution in [-0.2, 0) is 0 Å². The molecule has 6 aromatic carbocycles. The summed E-state index contributed by atoms with van der Waals surface area (Å²) < 4.78 is 3.71. The Morgan fingerprint density at radius 2 is 0.957 bits per heavy atom. The van der Waals surface area contributed by atoms with Crippen molar-refractivity contribution >= 4 is 37.3 Å². The van der Waals surface area contributed by atoms with E-state index in [2.05, 4.69) is 132 Å². The molecule has 0 atom stereocenters. The molecule has 0 saturated heterocycles. The number of nitrogens with zero attached hydrogens (tertiary/aromatic N) is 3. The van der Waals surface area contributed by atoms with Crippen molar-refractivity contribution in [2.75, 3.05) is 0 Å². The van der Waals surface area contributed by atoms with E-state index in [-0.39, 0.29) is 0 Å². The second kappa shape index (κ2) is 11.0. The van der Waals surface area contributed by atoms with Gasteiger partial charge in [-0.3, -0.25) is 4.40 Å². The summed E-state index contributed by atoms with van der Waals surface area (Å²) in [5.74, 6) is 0.720. The molecule has 0 aliphatic heterocycles. The Balaban J connectivity index is 1.18. The van der Waals surface area contributed by atoms with Gasteiger partial charge in [0.2, 0.25) is 0 Å². The molecule has 0 radical (unpaired) electrons. The van der Waals surface area contributed by atoms with Crippen LogP contribution < -0.4 is 0 Å². The molecule has 0 saturated carbocycles. The fourth-order valence-corrected chi connectivity index (χ4v) is 7.68. The highest BCUT2D eigenvalue weighted by Gasteiger charge is 2.18. The average molecular weight is 606 g/mol. The predicted molar refractivity (Wildman–Crippen MR) is 193 cm³/mol. The van der Waals surface area contributed by atoms with Gasteiger partial charge in [-0.05, 0) is 53.1 Å². The van der Waals surface area contributed by atoms with Crippen molar-refractivity contribution in [2.45, 2.75) is 0 Å². The summed E-state index contributed by atoms with van der Waals surface area (Å²) in [6.45, 7) is 0. The molecule has 9 rings (SSSR count). The van der Waals surface area contributed by atoms with E-state index in [1.165, 1.54) is 42.6 Å². The second-order valence-electron chi connectivity index (χ2n) is 11.5. The van der Waals surface area contributed by atoms with Crippen LogP contribution in [0.1, 0.15) is 0 Å². The SMILES string of the molecule is c1ccc(-c2cc(-c3cccc(-c4cccc(-c5c6ccccc6n6c5sc5ccccc56)c4)c3)nc(-c3ccccc3)n2)cc1. The van der Waals surface area contributed by atoms with Gasteiger partial charge >= 0.3 is 0 Å². The first kappa shape index (κ1) is 26.6. The third kappa shape index (κ3) is 4.50. The molecule has 46 heavy (non-hydrogen) atoms. The van der Waals surface area contributed by atoms with Crippen molar-refractivity contribution in [3.63, 3.8) is 0 Å². The van der Waals surface area contributed by atoms with Crippen LogP contribution in [-0.4, -0.2) is 14.4 Å². The van der Waals surface area contributed by atoms with Crippen LogP contribution in [0.2, 0.25) is 0 Å². The number of hydrogen-bond donors (Lipinski definition) is 0. The average Bonchev–Trinajstić information content (AvgIpc) is 3.67. The zero-order valence-corrected chi connectivity index (χ0v) is 25.7. The Bertz CT molecular complexity index is 2470. The highest BCUT2D eigenvalue weighted by Crippen LogP contribution is 2.43. The van der Waals surface area contributed by atoms with Crippen LogP contribution in [0, 0.1) is 0 Å². The van der Waals surface area contributed by atoms with Crippen molar-refractivity contribution in [3.05, 3.63) is 164 Å². The monoisotopic (exact) mass is 605 g/mol. The van der Waals surface area contributed by atoms with E-state index in [9.17, 15) is 0 Å². The fourth-order valence-electron chi connectivity index (χ4n) is 6.44. The number of rotatable bonds is 5. The maximum Gasteiger partial charge on any atom is 0.160 e. The fraction of sp³-hybridized carbons (Fsp3) is 0. The number of fused-ring (bicyclic) bond motifs is 5. The lowest BCUT2D eigenvalue weighted by molar-refractivity contribution is 1.18. The van der Waals surface area contributed by atoms with Gasteiger partial charge in [-0.1, -0.05) is 127 Å². The van der Waals surface area contributed by atoms with Gasteiger partial charge in [-0.2, -0.15) is 0 Å². The molecule has 0 bridgehead atoms. The Hall–Kier alpha value is -5.84. The molecule has 3 aromatic heterocycles. The summed E-state index contributed by atoms with van der Waals surface area (Å²) in [5, 5.41) is 1.27. The number of hydrogen-bond acceptors (Lipinski definition) is 3. The third-order valence-electron chi connectivity index (χ3n) is 8.61. The van der Waals surface area contributed by atoms with Crippen molar-refractivity contribution in [1.29, 1.82) is 0 Å². The molecule has 3 heterocycles. The summed E-state index contributed by atoms with van der Waals surface area (Å²) in [7, 11) is 0. The molecular formula is C42H27N3S. The number of para-hydroxylation sites is 2. The van der Waals surface area contributed by atoms with Crippen LogP contribution in [0.4, 0.5) is 0 Å². The van der Waals surface area contributed by atoms with Crippen molar-refractivity contribution in [3.8, 4) is 56.2 Å². The van der Waals surface area contributed by atoms with Gasteiger partial charge < -0.3 is 0 Å². The minimum absolute atomic E-state index is 0.720. The van der Waals surface area contributed by atoms with Gasteiger partial charge in [0.05, 0.1) is 27.1 Å². The van der Waals surface area contributed by atoms with E-state index in [0.717, 1.165) is 39.5 Å². The van der Waals surface area contributed by atoms with Crippen LogP contribution in [0.3, 0.4) is 0 Å². The Morgan fingerprint density at radius 3 is 1.72 bits per heavy atom. The Labute approximate surface area is 270 Å². The summed E-state index contributed by atoms with van der Waals surface area (Å²) in [4.78, 5) is 11.3. The van der Waals surface area contributed by atoms with E-state index >= 15 is 0 Å². The van der Waals surface area contributed by atoms with E-state index in [1.807, 2.05) is 47.7 Å². The van der Waals surface area contributed by atoms with Crippen LogP contribution in [0.5, 0.6) is 0 Å². The molecule has 0 fully saturated rings. The molecule has 216 valence electrons. The molecule has 3 nitrogen and oxygen atoms in total. The quantitative estimate of drug-likeness (QED) is 0.195. The second-order valence-corrected chi connectivity index (χ2v) is 12.5. The molecule has 0 unspecified atom stereocenters. The number of aromatic nitrogens is 3. The minimum Gasteiger partial charge on any atom is -0.299 e. The molecule has 0 amide bonds. The molecular weight excluding hydrogens is 579 g/mol. The minimum atomic E-state index is 0.720. The maximum absolute atomic E-state index is 5.07. The van der Waals surface area contributed by atoms with Crippen molar-refractivity contribution in [1.82, 2.24) is 14.4 Å². The number of benzene rings is 6. The zero-order valence-electron chi connectivity index (χ0n) is 24.8. The Kier molecular flexibility index (Phi) is 6.32. The topological polar surface area (TPSA) is 30.2 Å². The summed E-state index contributed by atoms with van der Waals surface area (Å²) >= 11 is 1.86. The first-order valence-corrected chi connectivity index (χ1v) is 16.2. The first-order chi connectivity index (χ1) is 22.8. The highest BCUT2D eigenvalue weighted by atomic mass is 32.1. The summed E-state index contributed by atoms with van der Waals surface area (Å²) in [6.07, 6.45) is 0. The Morgan fingerprint density at radius 1 is 0.413 bits per heavy atom. The van der Waals surface area contributed by atoms with E-state index < -0.39 is 0 Å². The molecule has 0 aliphatic rings. The smallest absolute Gasteiger partial charge is 0.160 e. The lowest BCUT2D eigenvalue weighted by atomic mass is 9.97. The van der Waals surface area contributed by atoms with Crippen molar-refractivity contribution in [2.24, 2.45) is 0 Å². The van der Waals surface area contributed by atoms with Gasteiger partial charge in [0.1, 0.15) is 4.83 Å². The normalized spacial score (nSPS) is 11.5. The molecule has 0 N–H and O–H groups in total. The van der Waals surface area contributed by atoms with Gasteiger partial charge in [0, 0.05) is 27.6 Å². The molecule has 0 aliphatic carbocycles. The first-order valence-electron chi connectivity index (χ1n) is 15.4. The third-order valence-corrected chi connectivity index (χ3v) is 9.76. The van der Waals surface area contributed by atoms with Crippen LogP contribution >= 0.6 is 11.3 Å². The maximum atomic E-state index is 5.07. The molecule has 4 heteroatoms. The van der Waals surface area contributed by atoms with Gasteiger partial charge in [0.25, 0.3) is 0 Å². The molecule has 0 spiro atoms. The van der Waals surface area contributed by atoms with Crippen molar-refractivity contribution < 1.29 is 0 Å². The van der Waals surface area contributed by atoms with Gasteiger partial charge in [-0.15, -0.1) is 11.3 Å². The lowest BCUT2D eigenvalue weighted by Crippen LogP contribution is -1.96. The summed E-state index contributed by atoms with van der Waals surface area (Å²) in [6, 6.07) is 57.7. The lowest BCUT2D eigenvalue weighted by Gasteiger charge is -2.11. The standard InChI is InChI=1S/C42H27N3S/c1-3-13-28(14-4-1)35-27-36(44-41(43-35)29-15-5-2-6-16-29)32-19-11-17-30(25-32)31-18-12-20-33(26-31)40-34-21-7-8-22-37(34)45-38-23-9-10-24-39(38)46-42(40)45/h1-27H. The van der Waals surface area contributed by atoms with Gasteiger partial charge in [-0.25, -0.2) is 9.97 Å². The van der Waals surface area contributed by atoms with Crippen LogP contribution in [0.25, 0.3) is 82.1 Å². The number of thiazole rings is 1. The van der Waals surface area contributed by atoms with E-state index in [0.29, 0.717) is 0 Å². The molecule has 9 aromatic rings. The van der Waals surface area contributed by atoms with E-state index in [1.54, 1.807) is 0 Å². The van der Waals surface area contributed by atoms with E-state index in [4.69, 9.17) is 9.97 Å². The highest BCUT2D eigenvalue weighted by molar-refractivity contribution is 7.24. The largest absolute Gasteiger partial charge is 0.299 e. The zero-order chi connectivity index (χ0) is 30.5. The predicted octanol–water partition coefficient (Wildman–Crippen LogP) is 11.4. The summed E-state index contributed by atoms with van der Waals surface area (Å²) in [5.41, 5.74) is 12.2. The van der Waals surface area contributed by atoms with Gasteiger partial charge in [0.15, 0.2) is 5.82 Å². The van der Waals surface area contributed by atoms with Crippen LogP contribution in [0.15, 0.2) is 164 Å².